The Labute approximate surface area is 111 Å². The van der Waals surface area contributed by atoms with Gasteiger partial charge in [0, 0.05) is 21.2 Å². The van der Waals surface area contributed by atoms with Gasteiger partial charge in [-0.2, -0.15) is 0 Å². The van der Waals surface area contributed by atoms with Crippen LogP contribution in [-0.4, -0.2) is 5.11 Å². The summed E-state index contributed by atoms with van der Waals surface area (Å²) in [6.07, 6.45) is 0. The molecule has 0 amide bonds. The Hall–Kier alpha value is -1.02. The molecule has 1 N–H and O–H groups in total. The summed E-state index contributed by atoms with van der Waals surface area (Å²) in [4.78, 5) is 0. The SMILES string of the molecule is CC(O)(c1ccccc1Cl)c1ccccc1Cl. The molecule has 0 fully saturated rings. The van der Waals surface area contributed by atoms with E-state index >= 15 is 0 Å². The molecule has 2 aromatic rings. The van der Waals surface area contributed by atoms with Crippen molar-refractivity contribution in [2.75, 3.05) is 0 Å². The van der Waals surface area contributed by atoms with Crippen molar-refractivity contribution in [1.82, 2.24) is 0 Å². The topological polar surface area (TPSA) is 20.2 Å². The maximum atomic E-state index is 10.6. The quantitative estimate of drug-likeness (QED) is 0.862. The predicted molar refractivity (Wildman–Crippen MR) is 71.6 cm³/mol. The van der Waals surface area contributed by atoms with Gasteiger partial charge < -0.3 is 5.11 Å². The molecule has 3 heteroatoms. The van der Waals surface area contributed by atoms with E-state index < -0.39 is 5.60 Å². The van der Waals surface area contributed by atoms with Gasteiger partial charge in [0.05, 0.1) is 0 Å². The average Bonchev–Trinajstić information content (AvgIpc) is 2.29. The van der Waals surface area contributed by atoms with Crippen molar-refractivity contribution in [3.63, 3.8) is 0 Å². The van der Waals surface area contributed by atoms with Gasteiger partial charge in [-0.25, -0.2) is 0 Å². The number of benzene rings is 2. The van der Waals surface area contributed by atoms with Crippen LogP contribution in [0.1, 0.15) is 18.1 Å². The number of aliphatic hydroxyl groups is 1. The summed E-state index contributed by atoms with van der Waals surface area (Å²) >= 11 is 12.2. The average molecular weight is 267 g/mol. The molecule has 0 saturated heterocycles. The number of halogens is 2. The summed E-state index contributed by atoms with van der Waals surface area (Å²) in [6, 6.07) is 14.4. The maximum absolute atomic E-state index is 10.6. The highest BCUT2D eigenvalue weighted by Gasteiger charge is 2.29. The standard InChI is InChI=1S/C14H12Cl2O/c1-14(17,10-6-2-4-8-12(10)15)11-7-3-5-9-13(11)16/h2-9,17H,1H3. The third kappa shape index (κ3) is 2.32. The van der Waals surface area contributed by atoms with Gasteiger partial charge in [0.1, 0.15) is 5.60 Å². The molecule has 0 bridgehead atoms. The van der Waals surface area contributed by atoms with Crippen molar-refractivity contribution < 1.29 is 5.11 Å². The summed E-state index contributed by atoms with van der Waals surface area (Å²) in [7, 11) is 0. The van der Waals surface area contributed by atoms with Gasteiger partial charge in [-0.05, 0) is 19.1 Å². The lowest BCUT2D eigenvalue weighted by Crippen LogP contribution is -2.23. The van der Waals surface area contributed by atoms with Gasteiger partial charge in [-0.15, -0.1) is 0 Å². The second kappa shape index (κ2) is 4.69. The Morgan fingerprint density at radius 3 is 1.53 bits per heavy atom. The van der Waals surface area contributed by atoms with Crippen LogP contribution in [0.25, 0.3) is 0 Å². The fraction of sp³-hybridized carbons (Fsp3) is 0.143. The number of rotatable bonds is 2. The fourth-order valence-electron chi connectivity index (χ4n) is 1.86. The van der Waals surface area contributed by atoms with Gasteiger partial charge in [0.15, 0.2) is 0 Å². The smallest absolute Gasteiger partial charge is 0.115 e. The van der Waals surface area contributed by atoms with Gasteiger partial charge in [-0.1, -0.05) is 59.6 Å². The van der Waals surface area contributed by atoms with Crippen LogP contribution in [-0.2, 0) is 5.60 Å². The van der Waals surface area contributed by atoms with Crippen LogP contribution < -0.4 is 0 Å². The Morgan fingerprint density at radius 2 is 1.18 bits per heavy atom. The molecular formula is C14H12Cl2O. The van der Waals surface area contributed by atoms with E-state index in [9.17, 15) is 5.11 Å². The first-order valence-electron chi connectivity index (χ1n) is 5.26. The third-order valence-electron chi connectivity index (χ3n) is 2.80. The molecule has 0 spiro atoms. The van der Waals surface area contributed by atoms with Crippen LogP contribution in [0, 0.1) is 0 Å². The second-order valence-corrected chi connectivity index (χ2v) is 4.85. The van der Waals surface area contributed by atoms with E-state index in [0.717, 1.165) is 0 Å². The third-order valence-corrected chi connectivity index (χ3v) is 3.46. The lowest BCUT2D eigenvalue weighted by Gasteiger charge is -2.26. The van der Waals surface area contributed by atoms with Gasteiger partial charge in [-0.3, -0.25) is 0 Å². The lowest BCUT2D eigenvalue weighted by molar-refractivity contribution is 0.102. The van der Waals surface area contributed by atoms with E-state index in [2.05, 4.69) is 0 Å². The minimum absolute atomic E-state index is 0.525. The van der Waals surface area contributed by atoms with Crippen molar-refractivity contribution in [2.24, 2.45) is 0 Å². The minimum Gasteiger partial charge on any atom is -0.381 e. The monoisotopic (exact) mass is 266 g/mol. The first-order valence-corrected chi connectivity index (χ1v) is 6.01. The molecule has 0 radical (unpaired) electrons. The maximum Gasteiger partial charge on any atom is 0.115 e. The van der Waals surface area contributed by atoms with Crippen molar-refractivity contribution in [2.45, 2.75) is 12.5 Å². The largest absolute Gasteiger partial charge is 0.381 e. The van der Waals surface area contributed by atoms with E-state index in [1.165, 1.54) is 0 Å². The van der Waals surface area contributed by atoms with E-state index in [-0.39, 0.29) is 0 Å². The Kier molecular flexibility index (Phi) is 3.43. The molecule has 2 rings (SSSR count). The zero-order valence-electron chi connectivity index (χ0n) is 9.32. The summed E-state index contributed by atoms with van der Waals surface area (Å²) in [6.45, 7) is 1.69. The molecular weight excluding hydrogens is 255 g/mol. The van der Waals surface area contributed by atoms with Crippen LogP contribution in [0.2, 0.25) is 10.0 Å². The van der Waals surface area contributed by atoms with Crippen molar-refractivity contribution >= 4 is 23.2 Å². The van der Waals surface area contributed by atoms with Gasteiger partial charge >= 0.3 is 0 Å². The lowest BCUT2D eigenvalue weighted by atomic mass is 9.88. The second-order valence-electron chi connectivity index (χ2n) is 4.03. The molecule has 0 aliphatic heterocycles. The molecule has 1 nitrogen and oxygen atoms in total. The molecule has 88 valence electrons. The highest BCUT2D eigenvalue weighted by Crippen LogP contribution is 2.36. The molecule has 0 aromatic heterocycles. The molecule has 0 unspecified atom stereocenters. The van der Waals surface area contributed by atoms with E-state index in [0.29, 0.717) is 21.2 Å². The van der Waals surface area contributed by atoms with Crippen molar-refractivity contribution in [1.29, 1.82) is 0 Å². The molecule has 17 heavy (non-hydrogen) atoms. The van der Waals surface area contributed by atoms with Crippen LogP contribution in [0.3, 0.4) is 0 Å². The summed E-state index contributed by atoms with van der Waals surface area (Å²) in [5, 5.41) is 11.7. The molecule has 0 aliphatic rings. The summed E-state index contributed by atoms with van der Waals surface area (Å²) < 4.78 is 0. The first kappa shape index (κ1) is 12.4. The molecule has 0 atom stereocenters. The van der Waals surface area contributed by atoms with Crippen LogP contribution in [0.5, 0.6) is 0 Å². The molecule has 0 saturated carbocycles. The Morgan fingerprint density at radius 1 is 0.824 bits per heavy atom. The zero-order chi connectivity index (χ0) is 12.5. The van der Waals surface area contributed by atoms with Crippen LogP contribution in [0.15, 0.2) is 48.5 Å². The highest BCUT2D eigenvalue weighted by molar-refractivity contribution is 6.32. The van der Waals surface area contributed by atoms with E-state index in [1.54, 1.807) is 31.2 Å². The van der Waals surface area contributed by atoms with Crippen molar-refractivity contribution in [3.05, 3.63) is 69.7 Å². The Bertz CT molecular complexity index is 488. The molecule has 0 heterocycles. The van der Waals surface area contributed by atoms with Gasteiger partial charge in [0.2, 0.25) is 0 Å². The summed E-state index contributed by atoms with van der Waals surface area (Å²) in [5.41, 5.74) is 0.0981. The fourth-order valence-corrected chi connectivity index (χ4v) is 2.50. The van der Waals surface area contributed by atoms with E-state index in [4.69, 9.17) is 23.2 Å². The van der Waals surface area contributed by atoms with Crippen molar-refractivity contribution in [3.8, 4) is 0 Å². The highest BCUT2D eigenvalue weighted by atomic mass is 35.5. The zero-order valence-corrected chi connectivity index (χ0v) is 10.8. The first-order chi connectivity index (χ1) is 8.03. The molecule has 0 aliphatic carbocycles. The van der Waals surface area contributed by atoms with Crippen LogP contribution in [0.4, 0.5) is 0 Å². The predicted octanol–water partition coefficient (Wildman–Crippen LogP) is 4.25. The Balaban J connectivity index is 2.58. The summed E-state index contributed by atoms with van der Waals surface area (Å²) in [5.74, 6) is 0. The van der Waals surface area contributed by atoms with Gasteiger partial charge in [0.25, 0.3) is 0 Å². The number of hydrogen-bond acceptors (Lipinski definition) is 1. The van der Waals surface area contributed by atoms with E-state index in [1.807, 2.05) is 24.3 Å². The number of hydrogen-bond donors (Lipinski definition) is 1. The normalized spacial score (nSPS) is 11.5. The minimum atomic E-state index is -1.20. The van der Waals surface area contributed by atoms with Crippen LogP contribution >= 0.6 is 23.2 Å². The molecule has 2 aromatic carbocycles.